The third kappa shape index (κ3) is 3.59. The summed E-state index contributed by atoms with van der Waals surface area (Å²) in [6, 6.07) is 0. The van der Waals surface area contributed by atoms with E-state index in [0.29, 0.717) is 12.2 Å². The quantitative estimate of drug-likeness (QED) is 0.800. The molecule has 0 aliphatic carbocycles. The molecular formula is C16H22N2O6. The fraction of sp³-hybridized carbons (Fsp3) is 0.562. The highest BCUT2D eigenvalue weighted by Gasteiger charge is 2.31. The first kappa shape index (κ1) is 18.0. The number of aliphatic hydroxyl groups is 1. The van der Waals surface area contributed by atoms with Crippen LogP contribution in [0.25, 0.3) is 0 Å². The van der Waals surface area contributed by atoms with E-state index in [4.69, 9.17) is 13.6 Å². The fourth-order valence-corrected chi connectivity index (χ4v) is 2.36. The van der Waals surface area contributed by atoms with Gasteiger partial charge in [-0.1, -0.05) is 6.92 Å². The number of ether oxygens (including phenoxy) is 1. The molecule has 0 saturated heterocycles. The lowest BCUT2D eigenvalue weighted by Crippen LogP contribution is -2.22. The van der Waals surface area contributed by atoms with Crippen molar-refractivity contribution in [2.75, 3.05) is 0 Å². The summed E-state index contributed by atoms with van der Waals surface area (Å²) in [6.45, 7) is 6.41. The van der Waals surface area contributed by atoms with Crippen LogP contribution in [0.4, 0.5) is 0 Å². The number of imidazole rings is 1. The Balaban J connectivity index is 2.30. The zero-order valence-electron chi connectivity index (χ0n) is 14.5. The second-order valence-electron chi connectivity index (χ2n) is 6.10. The molecule has 8 heteroatoms. The normalized spacial score (nSPS) is 11.8. The minimum atomic E-state index is -1.30. The second kappa shape index (κ2) is 6.64. The first-order valence-corrected chi connectivity index (χ1v) is 7.70. The Kier molecular flexibility index (Phi) is 4.98. The molecule has 0 radical (unpaired) electrons. The van der Waals surface area contributed by atoms with Crippen LogP contribution in [0.15, 0.2) is 13.6 Å². The first-order chi connectivity index (χ1) is 11.1. The van der Waals surface area contributed by atoms with Gasteiger partial charge >= 0.3 is 11.8 Å². The number of rotatable bonds is 6. The molecule has 0 spiro atoms. The summed E-state index contributed by atoms with van der Waals surface area (Å²) in [5.74, 6) is -0.414. The Bertz CT molecular complexity index is 791. The van der Waals surface area contributed by atoms with Gasteiger partial charge in [0.05, 0.1) is 0 Å². The molecule has 132 valence electrons. The van der Waals surface area contributed by atoms with Crippen molar-refractivity contribution in [2.24, 2.45) is 7.05 Å². The molecule has 0 saturated carbocycles. The maximum absolute atomic E-state index is 12.5. The number of aryl methyl sites for hydroxylation is 2. The van der Waals surface area contributed by atoms with Crippen LogP contribution in [0.5, 0.6) is 0 Å². The lowest BCUT2D eigenvalue weighted by molar-refractivity contribution is 0.0396. The van der Waals surface area contributed by atoms with E-state index in [2.05, 4.69) is 4.98 Å². The number of carbonyl (C=O) groups is 1. The van der Waals surface area contributed by atoms with Crippen LogP contribution >= 0.6 is 0 Å². The van der Waals surface area contributed by atoms with Gasteiger partial charge in [-0.05, 0) is 27.2 Å². The molecule has 0 aliphatic rings. The van der Waals surface area contributed by atoms with Gasteiger partial charge in [-0.3, -0.25) is 0 Å². The van der Waals surface area contributed by atoms with E-state index < -0.39 is 17.4 Å². The number of hydrogen-bond donors (Lipinski definition) is 1. The van der Waals surface area contributed by atoms with Crippen molar-refractivity contribution >= 4 is 5.97 Å². The molecule has 0 amide bonds. The van der Waals surface area contributed by atoms with Crippen molar-refractivity contribution < 1.29 is 23.5 Å². The molecule has 1 N–H and O–H groups in total. The van der Waals surface area contributed by atoms with Crippen LogP contribution in [0.3, 0.4) is 0 Å². The third-order valence-corrected chi connectivity index (χ3v) is 3.60. The average molecular weight is 338 g/mol. The van der Waals surface area contributed by atoms with Crippen LogP contribution in [-0.2, 0) is 30.4 Å². The monoisotopic (exact) mass is 338 g/mol. The largest absolute Gasteiger partial charge is 0.519 e. The number of hydrogen-bond acceptors (Lipinski definition) is 7. The SMILES string of the molecule is CCCc1nc(C(C)(C)O)c(C(=O)OCc2oc(=O)oc2C)n1C. The predicted molar refractivity (Wildman–Crippen MR) is 83.5 cm³/mol. The summed E-state index contributed by atoms with van der Waals surface area (Å²) < 4.78 is 16.4. The van der Waals surface area contributed by atoms with E-state index in [0.717, 1.165) is 6.42 Å². The molecular weight excluding hydrogens is 316 g/mol. The number of aromatic nitrogens is 2. The number of carbonyl (C=O) groups excluding carboxylic acids is 1. The molecule has 0 fully saturated rings. The predicted octanol–water partition coefficient (Wildman–Crippen LogP) is 1.81. The molecule has 0 aromatic carbocycles. The van der Waals surface area contributed by atoms with Gasteiger partial charge in [0.25, 0.3) is 0 Å². The van der Waals surface area contributed by atoms with Gasteiger partial charge < -0.3 is 23.2 Å². The van der Waals surface area contributed by atoms with Crippen molar-refractivity contribution in [1.29, 1.82) is 0 Å². The molecule has 2 rings (SSSR count). The minimum Gasteiger partial charge on any atom is -0.453 e. The van der Waals surface area contributed by atoms with E-state index in [-0.39, 0.29) is 29.5 Å². The van der Waals surface area contributed by atoms with E-state index in [9.17, 15) is 14.7 Å². The topological polar surface area (TPSA) is 108 Å². The molecule has 2 aromatic rings. The zero-order valence-corrected chi connectivity index (χ0v) is 14.5. The Morgan fingerprint density at radius 1 is 1.38 bits per heavy atom. The summed E-state index contributed by atoms with van der Waals surface area (Å²) in [5.41, 5.74) is -0.866. The Labute approximate surface area is 139 Å². The van der Waals surface area contributed by atoms with E-state index in [1.54, 1.807) is 32.4 Å². The molecule has 2 heterocycles. The van der Waals surface area contributed by atoms with Gasteiger partial charge in [-0.2, -0.15) is 0 Å². The van der Waals surface area contributed by atoms with E-state index in [1.165, 1.54) is 0 Å². The fourth-order valence-electron chi connectivity index (χ4n) is 2.36. The highest BCUT2D eigenvalue weighted by Crippen LogP contribution is 2.25. The Hall–Kier alpha value is -2.35. The van der Waals surface area contributed by atoms with Crippen LogP contribution < -0.4 is 5.82 Å². The first-order valence-electron chi connectivity index (χ1n) is 7.70. The van der Waals surface area contributed by atoms with Gasteiger partial charge in [0.15, 0.2) is 23.8 Å². The van der Waals surface area contributed by atoms with Crippen LogP contribution in [-0.4, -0.2) is 20.6 Å². The molecule has 0 bridgehead atoms. The van der Waals surface area contributed by atoms with Crippen molar-refractivity contribution in [3.63, 3.8) is 0 Å². The zero-order chi connectivity index (χ0) is 18.1. The number of esters is 1. The van der Waals surface area contributed by atoms with Crippen molar-refractivity contribution in [3.05, 3.63) is 39.3 Å². The molecule has 24 heavy (non-hydrogen) atoms. The van der Waals surface area contributed by atoms with Crippen LogP contribution in [0, 0.1) is 6.92 Å². The van der Waals surface area contributed by atoms with Crippen molar-refractivity contribution in [1.82, 2.24) is 9.55 Å². The lowest BCUT2D eigenvalue weighted by Gasteiger charge is -2.16. The Morgan fingerprint density at radius 3 is 2.54 bits per heavy atom. The molecule has 8 nitrogen and oxygen atoms in total. The van der Waals surface area contributed by atoms with Crippen molar-refractivity contribution in [3.8, 4) is 0 Å². The van der Waals surface area contributed by atoms with Gasteiger partial charge in [0.1, 0.15) is 17.1 Å². The maximum atomic E-state index is 12.5. The summed E-state index contributed by atoms with van der Waals surface area (Å²) in [7, 11) is 1.70. The van der Waals surface area contributed by atoms with Crippen molar-refractivity contribution in [2.45, 2.75) is 52.7 Å². The highest BCUT2D eigenvalue weighted by molar-refractivity contribution is 5.89. The van der Waals surface area contributed by atoms with Gasteiger partial charge in [-0.15, -0.1) is 0 Å². The minimum absolute atomic E-state index is 0.147. The summed E-state index contributed by atoms with van der Waals surface area (Å²) in [6.07, 6.45) is 1.52. The van der Waals surface area contributed by atoms with Gasteiger partial charge in [0.2, 0.25) is 0 Å². The van der Waals surface area contributed by atoms with Crippen LogP contribution in [0.2, 0.25) is 0 Å². The average Bonchev–Trinajstić information content (AvgIpc) is 2.97. The molecule has 2 aromatic heterocycles. The summed E-state index contributed by atoms with van der Waals surface area (Å²) in [4.78, 5) is 27.9. The maximum Gasteiger partial charge on any atom is 0.519 e. The standard InChI is InChI=1S/C16H22N2O6/c1-6-7-11-17-13(16(3,4)21)12(18(11)5)14(19)22-8-10-9(2)23-15(20)24-10/h21H,6-8H2,1-5H3. The second-order valence-corrected chi connectivity index (χ2v) is 6.10. The molecule has 0 aliphatic heterocycles. The van der Waals surface area contributed by atoms with E-state index in [1.807, 2.05) is 6.92 Å². The summed E-state index contributed by atoms with van der Waals surface area (Å²) >= 11 is 0. The van der Waals surface area contributed by atoms with E-state index >= 15 is 0 Å². The lowest BCUT2D eigenvalue weighted by atomic mass is 10.0. The highest BCUT2D eigenvalue weighted by atomic mass is 16.6. The van der Waals surface area contributed by atoms with Gasteiger partial charge in [0, 0.05) is 13.5 Å². The molecule has 0 atom stereocenters. The summed E-state index contributed by atoms with van der Waals surface area (Å²) in [5, 5.41) is 10.3. The molecule has 0 unspecified atom stereocenters. The van der Waals surface area contributed by atoms with Crippen LogP contribution in [0.1, 0.15) is 60.7 Å². The van der Waals surface area contributed by atoms with Gasteiger partial charge in [-0.25, -0.2) is 14.6 Å². The Morgan fingerprint density at radius 2 is 2.04 bits per heavy atom. The number of nitrogens with zero attached hydrogens (tertiary/aromatic N) is 2. The smallest absolute Gasteiger partial charge is 0.453 e. The third-order valence-electron chi connectivity index (χ3n) is 3.60.